The van der Waals surface area contributed by atoms with Crippen LogP contribution in [0.4, 0.5) is 0 Å². The third-order valence-electron chi connectivity index (χ3n) is 7.48. The summed E-state index contributed by atoms with van der Waals surface area (Å²) >= 11 is 9.08. The van der Waals surface area contributed by atoms with Crippen molar-refractivity contribution in [3.8, 4) is 22.6 Å². The summed E-state index contributed by atoms with van der Waals surface area (Å²) in [4.78, 5) is 12.5. The van der Waals surface area contributed by atoms with Crippen LogP contribution in [0.15, 0.2) is 48.5 Å². The van der Waals surface area contributed by atoms with Gasteiger partial charge < -0.3 is 14.2 Å². The average molecular weight is 550 g/mol. The van der Waals surface area contributed by atoms with E-state index in [1.807, 2.05) is 12.1 Å². The van der Waals surface area contributed by atoms with E-state index in [9.17, 15) is 0 Å². The number of nitrogens with zero attached hydrogens (tertiary/aromatic N) is 3. The van der Waals surface area contributed by atoms with Gasteiger partial charge in [-0.3, -0.25) is 9.80 Å². The van der Waals surface area contributed by atoms with Crippen LogP contribution < -0.4 is 9.47 Å². The Morgan fingerprint density at radius 2 is 1.76 bits per heavy atom. The predicted molar refractivity (Wildman–Crippen MR) is 154 cm³/mol. The summed E-state index contributed by atoms with van der Waals surface area (Å²) in [7, 11) is 3.36. The molecule has 4 aromatic rings. The van der Waals surface area contributed by atoms with Crippen LogP contribution in [0.1, 0.15) is 21.7 Å². The van der Waals surface area contributed by atoms with Crippen molar-refractivity contribution < 1.29 is 14.2 Å². The molecule has 2 aliphatic rings. The van der Waals surface area contributed by atoms with E-state index in [1.165, 1.54) is 16.0 Å². The van der Waals surface area contributed by atoms with Crippen LogP contribution in [-0.2, 0) is 30.8 Å². The number of halogens is 1. The molecule has 6 nitrogen and oxygen atoms in total. The highest BCUT2D eigenvalue weighted by Gasteiger charge is 2.29. The minimum atomic E-state index is 0.693. The number of thiophene rings is 1. The van der Waals surface area contributed by atoms with Crippen molar-refractivity contribution in [1.82, 2.24) is 14.8 Å². The van der Waals surface area contributed by atoms with Crippen LogP contribution in [-0.4, -0.2) is 61.9 Å². The van der Waals surface area contributed by atoms with Crippen molar-refractivity contribution in [3.63, 3.8) is 0 Å². The molecule has 2 aromatic carbocycles. The maximum atomic E-state index is 7.28. The van der Waals surface area contributed by atoms with Crippen molar-refractivity contribution in [2.45, 2.75) is 26.1 Å². The highest BCUT2D eigenvalue weighted by atomic mass is 35.5. The Morgan fingerprint density at radius 1 is 0.947 bits per heavy atom. The second-order valence-corrected chi connectivity index (χ2v) is 11.3. The molecule has 0 atom stereocenters. The predicted octanol–water partition coefficient (Wildman–Crippen LogP) is 6.02. The Labute approximate surface area is 232 Å². The largest absolute Gasteiger partial charge is 0.493 e. The first kappa shape index (κ1) is 25.6. The number of rotatable bonds is 7. The van der Waals surface area contributed by atoms with Crippen molar-refractivity contribution in [2.24, 2.45) is 0 Å². The third kappa shape index (κ3) is 4.90. The zero-order chi connectivity index (χ0) is 26.1. The Bertz CT molecular complexity index is 1440. The van der Waals surface area contributed by atoms with Gasteiger partial charge in [-0.05, 0) is 23.6 Å². The van der Waals surface area contributed by atoms with E-state index in [-0.39, 0.29) is 0 Å². The minimum Gasteiger partial charge on any atom is -0.493 e. The quantitative estimate of drug-likeness (QED) is 0.281. The van der Waals surface area contributed by atoms with E-state index in [1.54, 1.807) is 25.6 Å². The maximum Gasteiger partial charge on any atom is 0.168 e. The molecule has 8 heteroatoms. The van der Waals surface area contributed by atoms with Crippen molar-refractivity contribution in [3.05, 3.63) is 75.3 Å². The first-order valence-electron chi connectivity index (χ1n) is 13.1. The number of hydrogen-bond acceptors (Lipinski definition) is 7. The van der Waals surface area contributed by atoms with Gasteiger partial charge in [0.15, 0.2) is 11.5 Å². The topological polar surface area (TPSA) is 47.1 Å². The zero-order valence-corrected chi connectivity index (χ0v) is 23.4. The summed E-state index contributed by atoms with van der Waals surface area (Å²) in [6, 6.07) is 16.7. The Kier molecular flexibility index (Phi) is 7.54. The smallest absolute Gasteiger partial charge is 0.168 e. The number of ether oxygens (including phenoxy) is 3. The molecular weight excluding hydrogens is 518 g/mol. The lowest BCUT2D eigenvalue weighted by Crippen LogP contribution is -2.36. The van der Waals surface area contributed by atoms with Crippen LogP contribution in [0.5, 0.6) is 11.5 Å². The van der Waals surface area contributed by atoms with Crippen LogP contribution in [0.25, 0.3) is 21.3 Å². The first-order valence-corrected chi connectivity index (χ1v) is 14.3. The SMILES string of the molecule is COc1cccc(-c2c(Cl)c(CN3CCOCC3)nc3sc4c(c23)CCN(Cc2ccccc2)C4)c1OC. The van der Waals surface area contributed by atoms with Gasteiger partial charge in [0.2, 0.25) is 0 Å². The van der Waals surface area contributed by atoms with Crippen molar-refractivity contribution in [1.29, 1.82) is 0 Å². The van der Waals surface area contributed by atoms with E-state index < -0.39 is 0 Å². The number of methoxy groups -OCH3 is 2. The molecular formula is C30H32ClN3O3S. The first-order chi connectivity index (χ1) is 18.7. The van der Waals surface area contributed by atoms with Gasteiger partial charge in [-0.2, -0.15) is 0 Å². The van der Waals surface area contributed by atoms with Crippen molar-refractivity contribution in [2.75, 3.05) is 47.1 Å². The molecule has 38 heavy (non-hydrogen) atoms. The highest BCUT2D eigenvalue weighted by molar-refractivity contribution is 7.19. The molecule has 0 aliphatic carbocycles. The normalized spacial score (nSPS) is 16.5. The molecule has 0 N–H and O–H groups in total. The lowest BCUT2D eigenvalue weighted by Gasteiger charge is -2.28. The second-order valence-electron chi connectivity index (χ2n) is 9.81. The van der Waals surface area contributed by atoms with Gasteiger partial charge in [0, 0.05) is 60.7 Å². The Balaban J connectivity index is 1.47. The van der Waals surface area contributed by atoms with Crippen LogP contribution in [0, 0.1) is 0 Å². The molecule has 2 aromatic heterocycles. The molecule has 0 radical (unpaired) electrons. The van der Waals surface area contributed by atoms with Crippen LogP contribution >= 0.6 is 22.9 Å². The zero-order valence-electron chi connectivity index (χ0n) is 21.8. The van der Waals surface area contributed by atoms with Crippen molar-refractivity contribution >= 4 is 33.2 Å². The Hall–Kier alpha value is -2.68. The number of aromatic nitrogens is 1. The molecule has 0 spiro atoms. The molecule has 1 saturated heterocycles. The molecule has 198 valence electrons. The minimum absolute atomic E-state index is 0.693. The molecule has 1 fully saturated rings. The summed E-state index contributed by atoms with van der Waals surface area (Å²) < 4.78 is 17.1. The number of morpholine rings is 1. The number of fused-ring (bicyclic) bond motifs is 3. The summed E-state index contributed by atoms with van der Waals surface area (Å²) in [5.41, 5.74) is 5.56. The fraction of sp³-hybridized carbons (Fsp3) is 0.367. The van der Waals surface area contributed by atoms with E-state index in [0.29, 0.717) is 23.1 Å². The second kappa shape index (κ2) is 11.2. The lowest BCUT2D eigenvalue weighted by molar-refractivity contribution is 0.0337. The van der Waals surface area contributed by atoms with Gasteiger partial charge in [-0.25, -0.2) is 4.98 Å². The number of para-hydroxylation sites is 1. The fourth-order valence-electron chi connectivity index (χ4n) is 5.59. The van der Waals surface area contributed by atoms with Gasteiger partial charge in [0.1, 0.15) is 4.83 Å². The molecule has 0 unspecified atom stereocenters. The summed E-state index contributed by atoms with van der Waals surface area (Å²) in [5, 5.41) is 1.86. The number of hydrogen-bond donors (Lipinski definition) is 0. The molecule has 2 aliphatic heterocycles. The number of pyridine rings is 1. The summed E-state index contributed by atoms with van der Waals surface area (Å²) in [6.45, 7) is 6.78. The maximum absolute atomic E-state index is 7.28. The average Bonchev–Trinajstić information content (AvgIpc) is 3.31. The third-order valence-corrected chi connectivity index (χ3v) is 8.99. The molecule has 4 heterocycles. The molecule has 0 bridgehead atoms. The van der Waals surface area contributed by atoms with Gasteiger partial charge in [0.25, 0.3) is 0 Å². The van der Waals surface area contributed by atoms with Gasteiger partial charge in [-0.1, -0.05) is 54.1 Å². The molecule has 0 saturated carbocycles. The van der Waals surface area contributed by atoms with Gasteiger partial charge in [0.05, 0.1) is 38.1 Å². The van der Waals surface area contributed by atoms with Crippen LogP contribution in [0.2, 0.25) is 5.02 Å². The number of benzene rings is 2. The van der Waals surface area contributed by atoms with Gasteiger partial charge in [-0.15, -0.1) is 11.3 Å². The molecule has 0 amide bonds. The summed E-state index contributed by atoms with van der Waals surface area (Å²) in [5.74, 6) is 1.39. The Morgan fingerprint density at radius 3 is 2.53 bits per heavy atom. The molecule has 6 rings (SSSR count). The van der Waals surface area contributed by atoms with Gasteiger partial charge >= 0.3 is 0 Å². The van der Waals surface area contributed by atoms with E-state index in [2.05, 4.69) is 46.2 Å². The van der Waals surface area contributed by atoms with Crippen LogP contribution in [0.3, 0.4) is 0 Å². The fourth-order valence-corrected chi connectivity index (χ4v) is 7.18. The standard InChI is InChI=1S/C30H32ClN3O3S/c1-35-24-10-6-9-22(29(24)36-2)26-27-21-11-12-34(17-20-7-4-3-5-8-20)19-25(21)38-30(27)32-23(28(26)31)18-33-13-15-37-16-14-33/h3-10H,11-19H2,1-2H3. The highest BCUT2D eigenvalue weighted by Crippen LogP contribution is 2.48. The lowest BCUT2D eigenvalue weighted by atomic mass is 9.95. The van der Waals surface area contributed by atoms with E-state index in [0.717, 1.165) is 79.4 Å². The van der Waals surface area contributed by atoms with E-state index in [4.69, 9.17) is 30.8 Å². The monoisotopic (exact) mass is 549 g/mol. The van der Waals surface area contributed by atoms with E-state index >= 15 is 0 Å². The summed E-state index contributed by atoms with van der Waals surface area (Å²) in [6.07, 6.45) is 0.961.